The number of ketones is 3. The van der Waals surface area contributed by atoms with Crippen molar-refractivity contribution in [3.63, 3.8) is 0 Å². The van der Waals surface area contributed by atoms with Gasteiger partial charge in [0.05, 0.1) is 19.8 Å². The van der Waals surface area contributed by atoms with Crippen LogP contribution in [0.5, 0.6) is 0 Å². The molecule has 36 heavy (non-hydrogen) atoms. The summed E-state index contributed by atoms with van der Waals surface area (Å²) < 4.78 is 0. The zero-order chi connectivity index (χ0) is 29.2. The van der Waals surface area contributed by atoms with Crippen LogP contribution in [0.3, 0.4) is 0 Å². The largest absolute Gasteiger partial charge is 0.394 e. The highest BCUT2D eigenvalue weighted by Crippen LogP contribution is 2.02. The number of Topliss-reactive ketones (excluding diaryl/α,β-unsaturated/α-hetero) is 3. The minimum atomic E-state index is -1.86. The second-order valence-corrected chi connectivity index (χ2v) is 6.93. The van der Waals surface area contributed by atoms with Gasteiger partial charge in [0.15, 0.2) is 17.3 Å². The molecule has 0 aliphatic carbocycles. The Morgan fingerprint density at radius 3 is 0.667 bits per heavy atom. The lowest BCUT2D eigenvalue weighted by Gasteiger charge is -2.19. The third-order valence-corrected chi connectivity index (χ3v) is 4.17. The van der Waals surface area contributed by atoms with E-state index in [9.17, 15) is 14.4 Å². The number of rotatable bonds is 15. The van der Waals surface area contributed by atoms with Crippen molar-refractivity contribution in [1.82, 2.24) is 0 Å². The van der Waals surface area contributed by atoms with Crippen molar-refractivity contribution in [2.75, 3.05) is 39.6 Å². The van der Waals surface area contributed by atoms with Crippen LogP contribution < -0.4 is 0 Å². The number of aliphatic hydroxyl groups excluding tert-OH is 15. The van der Waals surface area contributed by atoms with Crippen molar-refractivity contribution in [3.8, 4) is 0 Å². The molecular weight excluding hydrogens is 504 g/mol. The van der Waals surface area contributed by atoms with Gasteiger partial charge in [0, 0.05) is 0 Å². The van der Waals surface area contributed by atoms with Crippen molar-refractivity contribution in [3.05, 3.63) is 0 Å². The summed E-state index contributed by atoms with van der Waals surface area (Å²) in [7, 11) is 0. The lowest BCUT2D eigenvalue weighted by molar-refractivity contribution is -0.143. The third-order valence-electron chi connectivity index (χ3n) is 4.17. The van der Waals surface area contributed by atoms with Gasteiger partial charge in [-0.1, -0.05) is 0 Å². The predicted molar refractivity (Wildman–Crippen MR) is 112 cm³/mol. The molecule has 15 N–H and O–H groups in total. The Kier molecular flexibility index (Phi) is 23.2. The minimum Gasteiger partial charge on any atom is -0.394 e. The summed E-state index contributed by atoms with van der Waals surface area (Å²) >= 11 is 0. The highest BCUT2D eigenvalue weighted by Gasteiger charge is 2.30. The van der Waals surface area contributed by atoms with Gasteiger partial charge in [-0.05, 0) is 0 Å². The van der Waals surface area contributed by atoms with Crippen molar-refractivity contribution in [1.29, 1.82) is 0 Å². The number of aliphatic hydroxyl groups is 15. The van der Waals surface area contributed by atoms with Gasteiger partial charge in [0.25, 0.3) is 0 Å². The molecule has 0 aromatic heterocycles. The van der Waals surface area contributed by atoms with Gasteiger partial charge >= 0.3 is 0 Å². The van der Waals surface area contributed by atoms with Gasteiger partial charge in [-0.15, -0.1) is 0 Å². The Labute approximate surface area is 203 Å². The third kappa shape index (κ3) is 14.8. The molecule has 0 radical (unpaired) electrons. The van der Waals surface area contributed by atoms with Crippen LogP contribution in [0.15, 0.2) is 0 Å². The Morgan fingerprint density at radius 2 is 0.556 bits per heavy atom. The summed E-state index contributed by atoms with van der Waals surface area (Å²) in [6, 6.07) is 0. The summed E-state index contributed by atoms with van der Waals surface area (Å²) in [5, 5.41) is 129. The highest BCUT2D eigenvalue weighted by molar-refractivity contribution is 5.85. The molecule has 0 amide bonds. The van der Waals surface area contributed by atoms with Crippen molar-refractivity contribution >= 4 is 17.3 Å². The smallest absolute Gasteiger partial charge is 0.189 e. The molecule has 0 saturated heterocycles. The van der Waals surface area contributed by atoms with Gasteiger partial charge in [-0.2, -0.15) is 0 Å². The van der Waals surface area contributed by atoms with Crippen LogP contribution in [-0.2, 0) is 14.4 Å². The van der Waals surface area contributed by atoms with Gasteiger partial charge in [0.2, 0.25) is 0 Å². The summed E-state index contributed by atoms with van der Waals surface area (Å²) in [6.45, 7) is -5.06. The van der Waals surface area contributed by atoms with Gasteiger partial charge in [0.1, 0.15) is 74.8 Å². The van der Waals surface area contributed by atoms with Crippen LogP contribution in [0.2, 0.25) is 0 Å². The van der Waals surface area contributed by atoms with Crippen LogP contribution in [0.4, 0.5) is 0 Å². The molecule has 0 bridgehead atoms. The second kappa shape index (κ2) is 21.5. The average Bonchev–Trinajstić information content (AvgIpc) is 2.92. The summed E-state index contributed by atoms with van der Waals surface area (Å²) in [6.07, 6.45) is -15.7. The molecule has 0 heterocycles. The Hall–Kier alpha value is -1.59. The van der Waals surface area contributed by atoms with E-state index in [4.69, 9.17) is 76.6 Å². The van der Waals surface area contributed by atoms with Crippen LogP contribution in [0, 0.1) is 0 Å². The van der Waals surface area contributed by atoms with Gasteiger partial charge < -0.3 is 76.6 Å². The first kappa shape index (κ1) is 38.9. The van der Waals surface area contributed by atoms with E-state index in [-0.39, 0.29) is 0 Å². The number of carbonyl (C=O) groups excluding carboxylic acids is 3. The van der Waals surface area contributed by atoms with Crippen LogP contribution >= 0.6 is 0 Å². The van der Waals surface area contributed by atoms with E-state index in [1.54, 1.807) is 0 Å². The lowest BCUT2D eigenvalue weighted by atomic mass is 10.1. The topological polar surface area (TPSA) is 355 Å². The lowest BCUT2D eigenvalue weighted by Crippen LogP contribution is -2.44. The van der Waals surface area contributed by atoms with Crippen molar-refractivity contribution < 1.29 is 91.0 Å². The van der Waals surface area contributed by atoms with Crippen LogP contribution in [-0.4, -0.2) is 189 Å². The normalized spacial score (nSPS) is 18.4. The summed E-state index contributed by atoms with van der Waals surface area (Å²) in [4.78, 5) is 31.6. The Morgan fingerprint density at radius 1 is 0.389 bits per heavy atom. The van der Waals surface area contributed by atoms with Crippen LogP contribution in [0.25, 0.3) is 0 Å². The molecule has 0 saturated carbocycles. The number of hydrogen-bond donors (Lipinski definition) is 15. The monoisotopic (exact) mass is 540 g/mol. The number of carbonyl (C=O) groups is 3. The minimum absolute atomic E-state index is 0.767. The molecule has 216 valence electrons. The molecular formula is C18H36O18. The highest BCUT2D eigenvalue weighted by atomic mass is 16.4. The fourth-order valence-corrected chi connectivity index (χ4v) is 1.81. The van der Waals surface area contributed by atoms with E-state index < -0.39 is 112 Å². The molecule has 18 nitrogen and oxygen atoms in total. The van der Waals surface area contributed by atoms with E-state index in [1.165, 1.54) is 0 Å². The molecule has 0 spiro atoms. The number of hydrogen-bond acceptors (Lipinski definition) is 18. The molecule has 9 atom stereocenters. The maximum Gasteiger partial charge on any atom is 0.189 e. The first-order chi connectivity index (χ1) is 16.6. The van der Waals surface area contributed by atoms with Crippen molar-refractivity contribution in [2.24, 2.45) is 0 Å². The van der Waals surface area contributed by atoms with E-state index in [0.29, 0.717) is 0 Å². The molecule has 0 aromatic carbocycles. The molecule has 0 fully saturated rings. The molecule has 0 rings (SSSR count). The first-order valence-corrected chi connectivity index (χ1v) is 9.98. The zero-order valence-electron chi connectivity index (χ0n) is 18.9. The first-order valence-electron chi connectivity index (χ1n) is 9.98. The maximum absolute atomic E-state index is 10.5. The zero-order valence-corrected chi connectivity index (χ0v) is 18.9. The van der Waals surface area contributed by atoms with E-state index in [0.717, 1.165) is 0 Å². The van der Waals surface area contributed by atoms with E-state index in [1.807, 2.05) is 0 Å². The molecule has 0 aromatic rings. The van der Waals surface area contributed by atoms with Gasteiger partial charge in [-0.3, -0.25) is 14.4 Å². The molecule has 0 unspecified atom stereocenters. The summed E-state index contributed by atoms with van der Waals surface area (Å²) in [5.41, 5.74) is 0. The molecule has 0 aliphatic rings. The molecule has 0 aliphatic heterocycles. The average molecular weight is 540 g/mol. The Balaban J connectivity index is -0.000000454. The second-order valence-electron chi connectivity index (χ2n) is 6.93. The Bertz CT molecular complexity index is 522. The van der Waals surface area contributed by atoms with E-state index >= 15 is 0 Å². The predicted octanol–water partition coefficient (Wildman–Crippen LogP) is -10.1. The van der Waals surface area contributed by atoms with E-state index in [2.05, 4.69) is 0 Å². The standard InChI is InChI=1S/3C6H12O6/c3*7-1-3(9)5(11)6(12)4(10)2-8/h3*3,5-9,11-12H,1-2H2/t3*3-,5-,6-/m111/s1. The van der Waals surface area contributed by atoms with Crippen LogP contribution in [0.1, 0.15) is 0 Å². The van der Waals surface area contributed by atoms with Crippen molar-refractivity contribution in [2.45, 2.75) is 54.9 Å². The summed E-state index contributed by atoms with van der Waals surface area (Å²) in [5.74, 6) is -3.01. The molecule has 18 heteroatoms. The fourth-order valence-electron chi connectivity index (χ4n) is 1.81. The maximum atomic E-state index is 10.5. The fraction of sp³-hybridized carbons (Fsp3) is 0.833. The van der Waals surface area contributed by atoms with Gasteiger partial charge in [-0.25, -0.2) is 0 Å². The quantitative estimate of drug-likeness (QED) is 0.0915. The SMILES string of the molecule is O=C(CO)[C@@H](O)[C@H](O)[C@H](O)CO.O=C(CO)[C@@H](O)[C@H](O)[C@H](O)CO.O=C(CO)[C@@H](O)[C@H](O)[C@H](O)CO.